The van der Waals surface area contributed by atoms with Gasteiger partial charge in [-0.3, -0.25) is 14.9 Å². The summed E-state index contributed by atoms with van der Waals surface area (Å²) in [7, 11) is 0. The average molecular weight is 389 g/mol. The van der Waals surface area contributed by atoms with Gasteiger partial charge in [-0.15, -0.1) is 11.3 Å². The molecule has 6 nitrogen and oxygen atoms in total. The van der Waals surface area contributed by atoms with E-state index >= 15 is 0 Å². The molecule has 28 heavy (non-hydrogen) atoms. The average Bonchev–Trinajstić information content (AvgIpc) is 3.12. The zero-order valence-corrected chi connectivity index (χ0v) is 15.7. The summed E-state index contributed by atoms with van der Waals surface area (Å²) in [5, 5.41) is 14.8. The van der Waals surface area contributed by atoms with Crippen LogP contribution in [0.15, 0.2) is 66.7 Å². The van der Waals surface area contributed by atoms with Crippen molar-refractivity contribution in [3.63, 3.8) is 0 Å². The molecule has 0 radical (unpaired) electrons. The van der Waals surface area contributed by atoms with Gasteiger partial charge in [-0.1, -0.05) is 30.3 Å². The van der Waals surface area contributed by atoms with E-state index in [4.69, 9.17) is 0 Å². The molecule has 4 rings (SSSR count). The van der Waals surface area contributed by atoms with Crippen LogP contribution in [0.5, 0.6) is 0 Å². The second kappa shape index (κ2) is 7.21. The van der Waals surface area contributed by atoms with Crippen LogP contribution in [-0.4, -0.2) is 15.8 Å². The lowest BCUT2D eigenvalue weighted by Gasteiger charge is -2.09. The topological polar surface area (TPSA) is 85.1 Å². The number of rotatable bonds is 4. The van der Waals surface area contributed by atoms with Crippen LogP contribution in [0.3, 0.4) is 0 Å². The molecule has 3 aromatic carbocycles. The van der Waals surface area contributed by atoms with E-state index in [-0.39, 0.29) is 11.3 Å². The lowest BCUT2D eigenvalue weighted by molar-refractivity contribution is -0.385. The maximum absolute atomic E-state index is 12.7. The molecule has 0 saturated heterocycles. The normalized spacial score (nSPS) is 10.8. The maximum Gasteiger partial charge on any atom is 0.273 e. The number of nitrogens with zero attached hydrogens (tertiary/aromatic N) is 2. The van der Waals surface area contributed by atoms with E-state index in [9.17, 15) is 14.9 Å². The lowest BCUT2D eigenvalue weighted by Crippen LogP contribution is -2.13. The number of aromatic nitrogens is 1. The van der Waals surface area contributed by atoms with Crippen LogP contribution in [0.1, 0.15) is 15.9 Å². The molecule has 0 spiro atoms. The van der Waals surface area contributed by atoms with Crippen LogP contribution in [0.2, 0.25) is 0 Å². The van der Waals surface area contributed by atoms with Gasteiger partial charge >= 0.3 is 0 Å². The van der Waals surface area contributed by atoms with Crippen molar-refractivity contribution in [2.24, 2.45) is 0 Å². The third kappa shape index (κ3) is 3.35. The summed E-state index contributed by atoms with van der Waals surface area (Å²) >= 11 is 1.54. The minimum absolute atomic E-state index is 0.0768. The van der Waals surface area contributed by atoms with E-state index in [1.807, 2.05) is 42.5 Å². The van der Waals surface area contributed by atoms with Crippen LogP contribution in [0.25, 0.3) is 20.8 Å². The van der Waals surface area contributed by atoms with Crippen LogP contribution < -0.4 is 5.32 Å². The molecule has 138 valence electrons. The highest BCUT2D eigenvalue weighted by Crippen LogP contribution is 2.34. The van der Waals surface area contributed by atoms with Gasteiger partial charge in [-0.2, -0.15) is 0 Å². The molecule has 0 atom stereocenters. The van der Waals surface area contributed by atoms with Crippen molar-refractivity contribution >= 4 is 38.8 Å². The largest absolute Gasteiger partial charge is 0.321 e. The molecular weight excluding hydrogens is 374 g/mol. The molecule has 0 unspecified atom stereocenters. The highest BCUT2D eigenvalue weighted by molar-refractivity contribution is 7.21. The number of carbonyl (C=O) groups is 1. The fourth-order valence-electron chi connectivity index (χ4n) is 2.91. The van der Waals surface area contributed by atoms with Gasteiger partial charge in [0.25, 0.3) is 11.6 Å². The Bertz CT molecular complexity index is 1180. The number of nitrogens with one attached hydrogen (secondary N) is 1. The van der Waals surface area contributed by atoms with Gasteiger partial charge in [0.05, 0.1) is 20.8 Å². The molecule has 0 aliphatic rings. The van der Waals surface area contributed by atoms with Crippen molar-refractivity contribution in [2.45, 2.75) is 6.92 Å². The van der Waals surface area contributed by atoms with Crippen molar-refractivity contribution in [1.29, 1.82) is 0 Å². The van der Waals surface area contributed by atoms with Gasteiger partial charge in [0.1, 0.15) is 5.01 Å². The van der Waals surface area contributed by atoms with Crippen molar-refractivity contribution in [3.05, 3.63) is 88.0 Å². The summed E-state index contributed by atoms with van der Waals surface area (Å²) in [6, 6.07) is 19.7. The second-order valence-electron chi connectivity index (χ2n) is 6.24. The van der Waals surface area contributed by atoms with Crippen LogP contribution in [0, 0.1) is 17.0 Å². The van der Waals surface area contributed by atoms with Gasteiger partial charge in [0.15, 0.2) is 0 Å². The molecule has 7 heteroatoms. The Kier molecular flexibility index (Phi) is 4.58. The van der Waals surface area contributed by atoms with E-state index in [0.717, 1.165) is 20.8 Å². The van der Waals surface area contributed by atoms with Gasteiger partial charge in [-0.25, -0.2) is 4.98 Å². The third-order valence-corrected chi connectivity index (χ3v) is 5.44. The monoisotopic (exact) mass is 389 g/mol. The number of aryl methyl sites for hydroxylation is 1. The summed E-state index contributed by atoms with van der Waals surface area (Å²) in [6.45, 7) is 1.64. The Labute approximate surface area is 164 Å². The molecule has 1 aromatic heterocycles. The predicted molar refractivity (Wildman–Crippen MR) is 111 cm³/mol. The smallest absolute Gasteiger partial charge is 0.273 e. The lowest BCUT2D eigenvalue weighted by atomic mass is 10.1. The minimum Gasteiger partial charge on any atom is -0.321 e. The van der Waals surface area contributed by atoms with Gasteiger partial charge < -0.3 is 5.32 Å². The SMILES string of the molecule is Cc1ccc(C(=O)Nc2ccccc2-c2nc3ccccc3s2)cc1[N+](=O)[O-]. The quantitative estimate of drug-likeness (QED) is 0.372. The number of hydrogen-bond acceptors (Lipinski definition) is 5. The summed E-state index contributed by atoms with van der Waals surface area (Å²) in [5.74, 6) is -0.406. The first kappa shape index (κ1) is 17.8. The number of amides is 1. The number of carbonyl (C=O) groups excluding carboxylic acids is 1. The van der Waals surface area contributed by atoms with Crippen LogP contribution in [0.4, 0.5) is 11.4 Å². The number of fused-ring (bicyclic) bond motifs is 1. The fraction of sp³-hybridized carbons (Fsp3) is 0.0476. The summed E-state index contributed by atoms with van der Waals surface area (Å²) < 4.78 is 1.06. The standard InChI is InChI=1S/C21H15N3O3S/c1-13-10-11-14(12-18(13)24(26)27)20(25)22-16-7-3-2-6-15(16)21-23-17-8-4-5-9-19(17)28-21/h2-12H,1H3,(H,22,25). The van der Waals surface area contributed by atoms with Crippen molar-refractivity contribution in [3.8, 4) is 10.6 Å². The molecule has 1 heterocycles. The Morgan fingerprint density at radius 1 is 1.07 bits per heavy atom. The second-order valence-corrected chi connectivity index (χ2v) is 7.28. The Hall–Kier alpha value is -3.58. The molecule has 0 fully saturated rings. The number of anilines is 1. The number of nitro benzene ring substituents is 1. The summed E-state index contributed by atoms with van der Waals surface area (Å²) in [5.41, 5.74) is 2.98. The number of nitro groups is 1. The number of para-hydroxylation sites is 2. The van der Waals surface area contributed by atoms with Crippen LogP contribution in [-0.2, 0) is 0 Å². The van der Waals surface area contributed by atoms with E-state index in [0.29, 0.717) is 11.3 Å². The van der Waals surface area contributed by atoms with E-state index in [1.54, 1.807) is 36.5 Å². The number of benzene rings is 3. The number of hydrogen-bond donors (Lipinski definition) is 1. The highest BCUT2D eigenvalue weighted by atomic mass is 32.1. The maximum atomic E-state index is 12.7. The Morgan fingerprint density at radius 3 is 2.61 bits per heavy atom. The molecule has 4 aromatic rings. The first-order valence-corrected chi connectivity index (χ1v) is 9.36. The first-order chi connectivity index (χ1) is 13.5. The molecule has 0 aliphatic carbocycles. The van der Waals surface area contributed by atoms with E-state index in [2.05, 4.69) is 10.3 Å². The molecule has 0 bridgehead atoms. The number of thiazole rings is 1. The first-order valence-electron chi connectivity index (χ1n) is 8.54. The minimum atomic E-state index is -0.485. The van der Waals surface area contributed by atoms with Gasteiger partial charge in [0.2, 0.25) is 0 Å². The zero-order chi connectivity index (χ0) is 19.7. The fourth-order valence-corrected chi connectivity index (χ4v) is 3.91. The third-order valence-electron chi connectivity index (χ3n) is 4.37. The molecule has 1 amide bonds. The van der Waals surface area contributed by atoms with Crippen LogP contribution >= 0.6 is 11.3 Å². The van der Waals surface area contributed by atoms with Gasteiger partial charge in [0, 0.05) is 22.8 Å². The molecule has 0 saturated carbocycles. The van der Waals surface area contributed by atoms with Crippen molar-refractivity contribution in [2.75, 3.05) is 5.32 Å². The van der Waals surface area contributed by atoms with E-state index < -0.39 is 10.8 Å². The van der Waals surface area contributed by atoms with E-state index in [1.165, 1.54) is 6.07 Å². The zero-order valence-electron chi connectivity index (χ0n) is 14.9. The summed E-state index contributed by atoms with van der Waals surface area (Å²) in [4.78, 5) is 28.0. The highest BCUT2D eigenvalue weighted by Gasteiger charge is 2.17. The van der Waals surface area contributed by atoms with Gasteiger partial charge in [-0.05, 0) is 37.3 Å². The van der Waals surface area contributed by atoms with Crippen molar-refractivity contribution in [1.82, 2.24) is 4.98 Å². The molecule has 1 N–H and O–H groups in total. The predicted octanol–water partition coefficient (Wildman–Crippen LogP) is 5.43. The summed E-state index contributed by atoms with van der Waals surface area (Å²) in [6.07, 6.45) is 0. The molecular formula is C21H15N3O3S. The Balaban J connectivity index is 1.68. The molecule has 0 aliphatic heterocycles. The van der Waals surface area contributed by atoms with Crippen molar-refractivity contribution < 1.29 is 9.72 Å². The Morgan fingerprint density at radius 2 is 1.82 bits per heavy atom.